The molecule has 1 rings (SSSR count). The molecular weight excluding hydrogens is 222 g/mol. The Bertz CT molecular complexity index is 346. The molecule has 0 aromatic heterocycles. The van der Waals surface area contributed by atoms with Crippen molar-refractivity contribution in [1.29, 1.82) is 0 Å². The molecule has 0 bridgehead atoms. The van der Waals surface area contributed by atoms with Crippen LogP contribution in [0.15, 0.2) is 18.2 Å². The number of hydrogen-bond donors (Lipinski definition) is 1. The molecular formula is C13H20F2N2. The van der Waals surface area contributed by atoms with Crippen molar-refractivity contribution in [3.8, 4) is 0 Å². The van der Waals surface area contributed by atoms with E-state index in [9.17, 15) is 8.78 Å². The van der Waals surface area contributed by atoms with Crippen LogP contribution in [-0.4, -0.2) is 31.6 Å². The van der Waals surface area contributed by atoms with Gasteiger partial charge in [-0.2, -0.15) is 0 Å². The van der Waals surface area contributed by atoms with Gasteiger partial charge in [0.05, 0.1) is 0 Å². The van der Waals surface area contributed by atoms with Gasteiger partial charge in [-0.25, -0.2) is 8.78 Å². The molecule has 0 heterocycles. The monoisotopic (exact) mass is 242 g/mol. The molecule has 1 aromatic carbocycles. The molecule has 0 aliphatic carbocycles. The van der Waals surface area contributed by atoms with Gasteiger partial charge in [-0.05, 0) is 40.1 Å². The Balaban J connectivity index is 2.73. The molecule has 2 nitrogen and oxygen atoms in total. The van der Waals surface area contributed by atoms with Crippen molar-refractivity contribution in [3.63, 3.8) is 0 Å². The van der Waals surface area contributed by atoms with Crippen molar-refractivity contribution in [3.05, 3.63) is 35.4 Å². The molecule has 0 aliphatic heterocycles. The lowest BCUT2D eigenvalue weighted by Gasteiger charge is -2.23. The Kier molecular flexibility index (Phi) is 5.02. The molecule has 0 aliphatic rings. The first kappa shape index (κ1) is 14.1. The second-order valence-corrected chi connectivity index (χ2v) is 4.69. The average molecular weight is 242 g/mol. The van der Waals surface area contributed by atoms with Gasteiger partial charge in [0.25, 0.3) is 0 Å². The molecule has 4 heteroatoms. The first-order valence-electron chi connectivity index (χ1n) is 5.76. The van der Waals surface area contributed by atoms with Crippen LogP contribution in [0.5, 0.6) is 0 Å². The maximum absolute atomic E-state index is 13.5. The minimum Gasteiger partial charge on any atom is -0.308 e. The van der Waals surface area contributed by atoms with Gasteiger partial charge in [0.1, 0.15) is 11.6 Å². The summed E-state index contributed by atoms with van der Waals surface area (Å²) in [7, 11) is 3.93. The number of nitrogens with one attached hydrogen (secondary N) is 1. The van der Waals surface area contributed by atoms with Crippen molar-refractivity contribution in [2.75, 3.05) is 20.6 Å². The second kappa shape index (κ2) is 6.07. The smallest absolute Gasteiger partial charge is 0.130 e. The van der Waals surface area contributed by atoms with E-state index in [0.717, 1.165) is 6.54 Å². The minimum atomic E-state index is -0.498. The van der Waals surface area contributed by atoms with Crippen molar-refractivity contribution in [2.24, 2.45) is 0 Å². The topological polar surface area (TPSA) is 15.3 Å². The van der Waals surface area contributed by atoms with Gasteiger partial charge in [-0.1, -0.05) is 6.07 Å². The third-order valence-electron chi connectivity index (χ3n) is 2.61. The maximum Gasteiger partial charge on any atom is 0.130 e. The fourth-order valence-corrected chi connectivity index (χ4v) is 2.03. The lowest BCUT2D eigenvalue weighted by atomic mass is 10.1. The number of nitrogens with zero attached hydrogens (tertiary/aromatic N) is 1. The van der Waals surface area contributed by atoms with Crippen LogP contribution in [0.4, 0.5) is 8.78 Å². The summed E-state index contributed by atoms with van der Waals surface area (Å²) in [4.78, 5) is 2.03. The summed E-state index contributed by atoms with van der Waals surface area (Å²) in [5.74, 6) is -0.996. The van der Waals surface area contributed by atoms with Crippen LogP contribution in [0, 0.1) is 11.6 Å². The zero-order chi connectivity index (χ0) is 13.0. The van der Waals surface area contributed by atoms with E-state index in [1.807, 2.05) is 25.9 Å². The van der Waals surface area contributed by atoms with E-state index in [2.05, 4.69) is 5.32 Å². The van der Waals surface area contributed by atoms with E-state index in [-0.39, 0.29) is 17.6 Å². The fourth-order valence-electron chi connectivity index (χ4n) is 2.03. The summed E-state index contributed by atoms with van der Waals surface area (Å²) in [6.45, 7) is 4.59. The molecule has 2 unspecified atom stereocenters. The first-order chi connectivity index (χ1) is 7.91. The number of benzene rings is 1. The quantitative estimate of drug-likeness (QED) is 0.853. The van der Waals surface area contributed by atoms with Gasteiger partial charge in [0.2, 0.25) is 0 Å². The molecule has 0 saturated heterocycles. The highest BCUT2D eigenvalue weighted by atomic mass is 19.1. The van der Waals surface area contributed by atoms with Crippen LogP contribution < -0.4 is 5.32 Å². The summed E-state index contributed by atoms with van der Waals surface area (Å²) in [5.41, 5.74) is 0.109. The zero-order valence-corrected chi connectivity index (χ0v) is 10.8. The maximum atomic E-state index is 13.5. The summed E-state index contributed by atoms with van der Waals surface area (Å²) in [6, 6.07) is 3.77. The second-order valence-electron chi connectivity index (χ2n) is 4.69. The van der Waals surface area contributed by atoms with E-state index in [1.165, 1.54) is 18.2 Å². The Morgan fingerprint density at radius 2 is 1.71 bits per heavy atom. The van der Waals surface area contributed by atoms with Crippen molar-refractivity contribution in [1.82, 2.24) is 10.2 Å². The van der Waals surface area contributed by atoms with E-state index >= 15 is 0 Å². The van der Waals surface area contributed by atoms with Crippen molar-refractivity contribution in [2.45, 2.75) is 25.9 Å². The standard InChI is InChI=1S/C13H20F2N2/c1-9(8-17(3)4)16-10(2)13-11(14)6-5-7-12(13)15/h5-7,9-10,16H,8H2,1-4H3. The molecule has 96 valence electrons. The van der Waals surface area contributed by atoms with Gasteiger partial charge in [0, 0.05) is 24.2 Å². The Hall–Kier alpha value is -1.00. The highest BCUT2D eigenvalue weighted by molar-refractivity contribution is 5.22. The van der Waals surface area contributed by atoms with E-state index < -0.39 is 11.6 Å². The molecule has 0 saturated carbocycles. The van der Waals surface area contributed by atoms with Crippen LogP contribution in [0.3, 0.4) is 0 Å². The summed E-state index contributed by atoms with van der Waals surface area (Å²) in [6.07, 6.45) is 0. The van der Waals surface area contributed by atoms with Gasteiger partial charge in [0.15, 0.2) is 0 Å². The lowest BCUT2D eigenvalue weighted by molar-refractivity contribution is 0.329. The molecule has 0 spiro atoms. The molecule has 0 amide bonds. The van der Waals surface area contributed by atoms with Crippen LogP contribution in [-0.2, 0) is 0 Å². The number of rotatable bonds is 5. The van der Waals surface area contributed by atoms with Crippen LogP contribution in [0.1, 0.15) is 25.5 Å². The third kappa shape index (κ3) is 4.06. The number of halogens is 2. The SMILES string of the molecule is CC(CN(C)C)NC(C)c1c(F)cccc1F. The molecule has 0 radical (unpaired) electrons. The van der Waals surface area contributed by atoms with Gasteiger partial charge < -0.3 is 10.2 Å². The van der Waals surface area contributed by atoms with E-state index in [4.69, 9.17) is 0 Å². The fraction of sp³-hybridized carbons (Fsp3) is 0.538. The first-order valence-corrected chi connectivity index (χ1v) is 5.76. The van der Waals surface area contributed by atoms with Gasteiger partial charge in [-0.15, -0.1) is 0 Å². The highest BCUT2D eigenvalue weighted by Gasteiger charge is 2.17. The predicted molar refractivity (Wildman–Crippen MR) is 65.9 cm³/mol. The predicted octanol–water partition coefficient (Wildman–Crippen LogP) is 2.57. The van der Waals surface area contributed by atoms with Gasteiger partial charge >= 0.3 is 0 Å². The lowest BCUT2D eigenvalue weighted by Crippen LogP contribution is -2.37. The average Bonchev–Trinajstić information content (AvgIpc) is 2.15. The largest absolute Gasteiger partial charge is 0.308 e. The van der Waals surface area contributed by atoms with Gasteiger partial charge in [-0.3, -0.25) is 0 Å². The van der Waals surface area contributed by atoms with Crippen LogP contribution >= 0.6 is 0 Å². The van der Waals surface area contributed by atoms with Crippen LogP contribution in [0.2, 0.25) is 0 Å². The Morgan fingerprint density at radius 1 is 1.18 bits per heavy atom. The van der Waals surface area contributed by atoms with E-state index in [0.29, 0.717) is 0 Å². The number of hydrogen-bond acceptors (Lipinski definition) is 2. The van der Waals surface area contributed by atoms with Crippen molar-refractivity contribution >= 4 is 0 Å². The van der Waals surface area contributed by atoms with E-state index in [1.54, 1.807) is 6.92 Å². The minimum absolute atomic E-state index is 0.109. The number of likely N-dealkylation sites (N-methyl/N-ethyl adjacent to an activating group) is 1. The van der Waals surface area contributed by atoms with Crippen LogP contribution in [0.25, 0.3) is 0 Å². The Morgan fingerprint density at radius 3 is 2.18 bits per heavy atom. The zero-order valence-electron chi connectivity index (χ0n) is 10.8. The molecule has 17 heavy (non-hydrogen) atoms. The Labute approximate surface area is 102 Å². The highest BCUT2D eigenvalue weighted by Crippen LogP contribution is 2.20. The normalized spacial score (nSPS) is 15.0. The molecule has 1 aromatic rings. The summed E-state index contributed by atoms with van der Waals surface area (Å²) < 4.78 is 27.0. The summed E-state index contributed by atoms with van der Waals surface area (Å²) >= 11 is 0. The summed E-state index contributed by atoms with van der Waals surface area (Å²) in [5, 5.41) is 3.19. The van der Waals surface area contributed by atoms with Crippen molar-refractivity contribution < 1.29 is 8.78 Å². The molecule has 0 fully saturated rings. The molecule has 1 N–H and O–H groups in total. The third-order valence-corrected chi connectivity index (χ3v) is 2.61. The molecule has 2 atom stereocenters.